The molecule has 0 radical (unpaired) electrons. The lowest BCUT2D eigenvalue weighted by Crippen LogP contribution is -2.50. The molecule has 0 amide bonds. The molecule has 1 aromatic carbocycles. The van der Waals surface area contributed by atoms with Crippen LogP contribution in [0.3, 0.4) is 0 Å². The third kappa shape index (κ3) is 2.29. The molecule has 0 aromatic heterocycles. The molecule has 5 nitrogen and oxygen atoms in total. The van der Waals surface area contributed by atoms with Crippen LogP contribution < -0.4 is 4.74 Å². The van der Waals surface area contributed by atoms with Crippen LogP contribution in [0.1, 0.15) is 43.2 Å². The Morgan fingerprint density at radius 1 is 1.32 bits per heavy atom. The van der Waals surface area contributed by atoms with Gasteiger partial charge in [-0.1, -0.05) is 6.42 Å². The molecular formula is C16H19NO4S. The van der Waals surface area contributed by atoms with Crippen molar-refractivity contribution in [2.24, 2.45) is 0 Å². The standard InChI is InChI=1S/C16H19NO4S/c1-21-15-6-5-11(10-17)7-14(15)16(18)8-12-3-2-4-13(9-16)22(12,19)20/h5-7,12-13,18H,2-4,8-9H2,1H3. The molecule has 2 unspecified atom stereocenters. The average molecular weight is 321 g/mol. The summed E-state index contributed by atoms with van der Waals surface area (Å²) in [7, 11) is -1.64. The topological polar surface area (TPSA) is 87.4 Å². The fourth-order valence-electron chi connectivity index (χ4n) is 3.81. The second-order valence-corrected chi connectivity index (χ2v) is 8.74. The van der Waals surface area contributed by atoms with Gasteiger partial charge in [0.05, 0.1) is 34.8 Å². The maximum absolute atomic E-state index is 12.4. The summed E-state index contributed by atoms with van der Waals surface area (Å²) in [6.07, 6.45) is 2.44. The predicted molar refractivity (Wildman–Crippen MR) is 81.2 cm³/mol. The number of nitrogens with zero attached hydrogens (tertiary/aromatic N) is 1. The van der Waals surface area contributed by atoms with Crippen molar-refractivity contribution in [3.8, 4) is 11.8 Å². The molecule has 2 atom stereocenters. The van der Waals surface area contributed by atoms with Crippen molar-refractivity contribution in [2.75, 3.05) is 7.11 Å². The maximum Gasteiger partial charge on any atom is 0.156 e. The Labute approximate surface area is 130 Å². The molecule has 118 valence electrons. The minimum Gasteiger partial charge on any atom is -0.496 e. The zero-order valence-corrected chi connectivity index (χ0v) is 13.3. The van der Waals surface area contributed by atoms with E-state index in [0.29, 0.717) is 29.7 Å². The number of hydrogen-bond donors (Lipinski definition) is 1. The quantitative estimate of drug-likeness (QED) is 0.898. The van der Waals surface area contributed by atoms with Gasteiger partial charge in [-0.15, -0.1) is 0 Å². The van der Waals surface area contributed by atoms with E-state index in [1.54, 1.807) is 18.2 Å². The van der Waals surface area contributed by atoms with Gasteiger partial charge in [0.15, 0.2) is 9.84 Å². The molecule has 2 heterocycles. The maximum atomic E-state index is 12.4. The molecule has 2 aliphatic heterocycles. The van der Waals surface area contributed by atoms with Gasteiger partial charge < -0.3 is 9.84 Å². The number of methoxy groups -OCH3 is 1. The summed E-state index contributed by atoms with van der Waals surface area (Å²) in [4.78, 5) is 0. The Morgan fingerprint density at radius 3 is 2.50 bits per heavy atom. The highest BCUT2D eigenvalue weighted by Gasteiger charge is 2.51. The van der Waals surface area contributed by atoms with Gasteiger partial charge in [-0.05, 0) is 43.9 Å². The van der Waals surface area contributed by atoms with Crippen LogP contribution in [0.2, 0.25) is 0 Å². The van der Waals surface area contributed by atoms with Crippen LogP contribution >= 0.6 is 0 Å². The Bertz CT molecular complexity index is 715. The van der Waals surface area contributed by atoms with Gasteiger partial charge >= 0.3 is 0 Å². The lowest BCUT2D eigenvalue weighted by Gasteiger charge is -2.44. The second kappa shape index (κ2) is 5.25. The molecule has 0 spiro atoms. The number of aliphatic hydroxyl groups is 1. The molecular weight excluding hydrogens is 302 g/mol. The number of ether oxygens (including phenoxy) is 1. The van der Waals surface area contributed by atoms with Crippen molar-refractivity contribution in [3.63, 3.8) is 0 Å². The smallest absolute Gasteiger partial charge is 0.156 e. The van der Waals surface area contributed by atoms with Crippen LogP contribution in [0.4, 0.5) is 0 Å². The van der Waals surface area contributed by atoms with Crippen LogP contribution in [-0.4, -0.2) is 31.1 Å². The second-order valence-electron chi connectivity index (χ2n) is 6.23. The molecule has 3 rings (SSSR count). The van der Waals surface area contributed by atoms with Gasteiger partial charge in [0.2, 0.25) is 0 Å². The van der Waals surface area contributed by atoms with Crippen LogP contribution in [0.25, 0.3) is 0 Å². The molecule has 1 N–H and O–H groups in total. The Balaban J connectivity index is 2.07. The number of rotatable bonds is 2. The lowest BCUT2D eigenvalue weighted by molar-refractivity contribution is 0.00300. The van der Waals surface area contributed by atoms with Crippen LogP contribution in [0.5, 0.6) is 5.75 Å². The monoisotopic (exact) mass is 321 g/mol. The Morgan fingerprint density at radius 2 is 1.95 bits per heavy atom. The summed E-state index contributed by atoms with van der Waals surface area (Å²) < 4.78 is 30.1. The molecule has 22 heavy (non-hydrogen) atoms. The Kier molecular flexibility index (Phi) is 3.66. The van der Waals surface area contributed by atoms with E-state index in [9.17, 15) is 13.5 Å². The summed E-state index contributed by atoms with van der Waals surface area (Å²) in [6, 6.07) is 6.96. The van der Waals surface area contributed by atoms with E-state index in [1.807, 2.05) is 0 Å². The number of benzene rings is 1. The fraction of sp³-hybridized carbons (Fsp3) is 0.562. The first-order chi connectivity index (χ1) is 10.4. The van der Waals surface area contributed by atoms with E-state index in [-0.39, 0.29) is 12.8 Å². The lowest BCUT2D eigenvalue weighted by atomic mass is 9.79. The van der Waals surface area contributed by atoms with E-state index < -0.39 is 25.9 Å². The first kappa shape index (κ1) is 15.3. The third-order valence-electron chi connectivity index (χ3n) is 4.94. The molecule has 2 fully saturated rings. The van der Waals surface area contributed by atoms with Crippen molar-refractivity contribution in [3.05, 3.63) is 29.3 Å². The summed E-state index contributed by atoms with van der Waals surface area (Å²) in [5.41, 5.74) is -0.289. The highest BCUT2D eigenvalue weighted by atomic mass is 32.2. The van der Waals surface area contributed by atoms with Gasteiger partial charge in [0, 0.05) is 5.56 Å². The predicted octanol–water partition coefficient (Wildman–Crippen LogP) is 1.88. The highest BCUT2D eigenvalue weighted by Crippen LogP contribution is 2.48. The van der Waals surface area contributed by atoms with Gasteiger partial charge in [-0.3, -0.25) is 0 Å². The van der Waals surface area contributed by atoms with Crippen molar-refractivity contribution in [1.29, 1.82) is 5.26 Å². The first-order valence-corrected chi connectivity index (χ1v) is 9.05. The normalized spacial score (nSPS) is 33.0. The number of sulfone groups is 1. The van der Waals surface area contributed by atoms with Gasteiger partial charge in [-0.25, -0.2) is 8.42 Å². The van der Waals surface area contributed by atoms with Gasteiger partial charge in [0.1, 0.15) is 5.75 Å². The zero-order valence-electron chi connectivity index (χ0n) is 12.4. The zero-order chi connectivity index (χ0) is 16.0. The Hall–Kier alpha value is -1.58. The third-order valence-corrected chi connectivity index (χ3v) is 7.61. The first-order valence-electron chi connectivity index (χ1n) is 7.44. The summed E-state index contributed by atoms with van der Waals surface area (Å²) in [6.45, 7) is 0. The summed E-state index contributed by atoms with van der Waals surface area (Å²) in [5, 5.41) is 19.2. The van der Waals surface area contributed by atoms with E-state index in [1.165, 1.54) is 7.11 Å². The molecule has 1 aromatic rings. The van der Waals surface area contributed by atoms with Crippen molar-refractivity contribution >= 4 is 9.84 Å². The number of nitriles is 1. The SMILES string of the molecule is COc1ccc(C#N)cc1C1(O)CC2CCCC(C1)S2(=O)=O. The average Bonchev–Trinajstić information content (AvgIpc) is 2.48. The minimum absolute atomic E-state index is 0.178. The summed E-state index contributed by atoms with van der Waals surface area (Å²) >= 11 is 0. The van der Waals surface area contributed by atoms with E-state index in [2.05, 4.69) is 6.07 Å². The molecule has 0 saturated carbocycles. The van der Waals surface area contributed by atoms with Crippen LogP contribution in [0, 0.1) is 11.3 Å². The molecule has 0 aliphatic carbocycles. The largest absolute Gasteiger partial charge is 0.496 e. The number of fused-ring (bicyclic) bond motifs is 2. The van der Waals surface area contributed by atoms with Crippen LogP contribution in [-0.2, 0) is 15.4 Å². The van der Waals surface area contributed by atoms with Crippen molar-refractivity contribution in [1.82, 2.24) is 0 Å². The molecule has 2 saturated heterocycles. The molecule has 6 heteroatoms. The molecule has 2 bridgehead atoms. The highest BCUT2D eigenvalue weighted by molar-refractivity contribution is 7.92. The van der Waals surface area contributed by atoms with Crippen molar-refractivity contribution < 1.29 is 18.3 Å². The molecule has 2 aliphatic rings. The van der Waals surface area contributed by atoms with E-state index >= 15 is 0 Å². The van der Waals surface area contributed by atoms with E-state index in [4.69, 9.17) is 10.00 Å². The van der Waals surface area contributed by atoms with Gasteiger partial charge in [0.25, 0.3) is 0 Å². The fourth-order valence-corrected chi connectivity index (χ4v) is 6.36. The van der Waals surface area contributed by atoms with Crippen molar-refractivity contribution in [2.45, 2.75) is 48.2 Å². The minimum atomic E-state index is -3.15. The van der Waals surface area contributed by atoms with Gasteiger partial charge in [-0.2, -0.15) is 5.26 Å². The number of hydrogen-bond acceptors (Lipinski definition) is 5. The van der Waals surface area contributed by atoms with E-state index in [0.717, 1.165) is 6.42 Å². The van der Waals surface area contributed by atoms with Crippen LogP contribution in [0.15, 0.2) is 18.2 Å². The summed E-state index contributed by atoms with van der Waals surface area (Å²) in [5.74, 6) is 0.499.